The monoisotopic (exact) mass is 281 g/mol. The van der Waals surface area contributed by atoms with Gasteiger partial charge in [0.15, 0.2) is 11.6 Å². The van der Waals surface area contributed by atoms with Crippen molar-refractivity contribution in [2.24, 2.45) is 5.92 Å². The van der Waals surface area contributed by atoms with Gasteiger partial charge in [-0.25, -0.2) is 4.39 Å². The summed E-state index contributed by atoms with van der Waals surface area (Å²) in [7, 11) is 0. The minimum atomic E-state index is -0.274. The highest BCUT2D eigenvalue weighted by Crippen LogP contribution is 2.20. The first-order valence-electron chi connectivity index (χ1n) is 7.52. The molecule has 0 saturated carbocycles. The lowest BCUT2D eigenvalue weighted by molar-refractivity contribution is 0.231. The van der Waals surface area contributed by atoms with Gasteiger partial charge in [-0.1, -0.05) is 32.8 Å². The van der Waals surface area contributed by atoms with E-state index in [1.807, 2.05) is 6.07 Å². The van der Waals surface area contributed by atoms with Crippen molar-refractivity contribution in [3.8, 4) is 5.75 Å². The summed E-state index contributed by atoms with van der Waals surface area (Å²) in [5, 5.41) is 3.35. The Kier molecular flexibility index (Phi) is 6.47. The Hall–Kier alpha value is -1.09. The van der Waals surface area contributed by atoms with Crippen LogP contribution in [0.3, 0.4) is 0 Å². The zero-order valence-corrected chi connectivity index (χ0v) is 13.4. The van der Waals surface area contributed by atoms with Crippen LogP contribution in [0.1, 0.15) is 53.0 Å². The Balaban J connectivity index is 2.59. The van der Waals surface area contributed by atoms with Crippen molar-refractivity contribution in [1.29, 1.82) is 0 Å². The summed E-state index contributed by atoms with van der Waals surface area (Å²) in [6.45, 7) is 11.8. The van der Waals surface area contributed by atoms with E-state index in [-0.39, 0.29) is 11.4 Å². The van der Waals surface area contributed by atoms with E-state index in [1.165, 1.54) is 0 Å². The van der Waals surface area contributed by atoms with Crippen LogP contribution in [0.15, 0.2) is 18.2 Å². The van der Waals surface area contributed by atoms with Crippen molar-refractivity contribution in [3.63, 3.8) is 0 Å². The Morgan fingerprint density at radius 2 is 1.85 bits per heavy atom. The lowest BCUT2D eigenvalue weighted by Gasteiger charge is -2.20. The quantitative estimate of drug-likeness (QED) is 0.793. The Labute approximate surface area is 122 Å². The maximum absolute atomic E-state index is 14.0. The van der Waals surface area contributed by atoms with Gasteiger partial charge in [-0.15, -0.1) is 0 Å². The predicted octanol–water partition coefficient (Wildman–Crippen LogP) is 4.53. The van der Waals surface area contributed by atoms with Crippen LogP contribution in [0.25, 0.3) is 0 Å². The van der Waals surface area contributed by atoms with Crippen LogP contribution in [0.4, 0.5) is 4.39 Å². The molecule has 1 N–H and O–H groups in total. The number of hydrogen-bond acceptors (Lipinski definition) is 2. The van der Waals surface area contributed by atoms with Gasteiger partial charge in [-0.2, -0.15) is 0 Å². The molecule has 0 unspecified atom stereocenters. The van der Waals surface area contributed by atoms with Crippen LogP contribution < -0.4 is 10.1 Å². The van der Waals surface area contributed by atoms with Crippen molar-refractivity contribution in [2.45, 2.75) is 59.5 Å². The molecule has 0 aliphatic carbocycles. The van der Waals surface area contributed by atoms with Crippen LogP contribution >= 0.6 is 0 Å². The number of rotatable bonds is 7. The number of nitrogens with one attached hydrogen (secondary N) is 1. The average Bonchev–Trinajstić information content (AvgIpc) is 2.38. The van der Waals surface area contributed by atoms with Gasteiger partial charge in [0.2, 0.25) is 0 Å². The third kappa shape index (κ3) is 5.91. The smallest absolute Gasteiger partial charge is 0.165 e. The first-order chi connectivity index (χ1) is 9.35. The maximum atomic E-state index is 14.0. The summed E-state index contributed by atoms with van der Waals surface area (Å²) >= 11 is 0. The molecule has 1 aromatic carbocycles. The summed E-state index contributed by atoms with van der Waals surface area (Å²) in [4.78, 5) is 0. The molecule has 0 heterocycles. The summed E-state index contributed by atoms with van der Waals surface area (Å²) in [5.41, 5.74) is 0.966. The minimum Gasteiger partial charge on any atom is -0.490 e. The van der Waals surface area contributed by atoms with E-state index < -0.39 is 0 Å². The van der Waals surface area contributed by atoms with Crippen LogP contribution in [0, 0.1) is 11.7 Å². The lowest BCUT2D eigenvalue weighted by Crippen LogP contribution is -2.35. The zero-order chi connectivity index (χ0) is 15.2. The van der Waals surface area contributed by atoms with Crippen LogP contribution in [-0.2, 0) is 6.54 Å². The number of benzene rings is 1. The first kappa shape index (κ1) is 17.0. The van der Waals surface area contributed by atoms with Gasteiger partial charge < -0.3 is 10.1 Å². The van der Waals surface area contributed by atoms with Gasteiger partial charge in [0.25, 0.3) is 0 Å². The normalized spacial score (nSPS) is 11.9. The number of halogens is 1. The van der Waals surface area contributed by atoms with Gasteiger partial charge in [-0.05, 0) is 44.4 Å². The van der Waals surface area contributed by atoms with E-state index in [9.17, 15) is 4.39 Å². The zero-order valence-electron chi connectivity index (χ0n) is 13.4. The van der Waals surface area contributed by atoms with Crippen molar-refractivity contribution in [3.05, 3.63) is 29.6 Å². The van der Waals surface area contributed by atoms with Crippen molar-refractivity contribution >= 4 is 0 Å². The molecular formula is C17H28FNO. The molecule has 0 aliphatic heterocycles. The molecule has 0 aliphatic rings. The molecule has 20 heavy (non-hydrogen) atoms. The molecule has 2 nitrogen and oxygen atoms in total. The average molecular weight is 281 g/mol. The van der Waals surface area contributed by atoms with E-state index in [1.54, 1.807) is 12.1 Å². The highest BCUT2D eigenvalue weighted by atomic mass is 19.1. The molecule has 3 heteroatoms. The molecule has 0 atom stereocenters. The Morgan fingerprint density at radius 3 is 2.35 bits per heavy atom. The van der Waals surface area contributed by atoms with Gasteiger partial charge in [0.1, 0.15) is 0 Å². The molecular weight excluding hydrogens is 253 g/mol. The fourth-order valence-corrected chi connectivity index (χ4v) is 1.87. The summed E-state index contributed by atoms with van der Waals surface area (Å²) in [5.74, 6) is 0.581. The number of hydrogen-bond donors (Lipinski definition) is 1. The van der Waals surface area contributed by atoms with E-state index in [2.05, 4.69) is 39.9 Å². The van der Waals surface area contributed by atoms with Gasteiger partial charge >= 0.3 is 0 Å². The molecule has 0 aromatic heterocycles. The van der Waals surface area contributed by atoms with Crippen LogP contribution in [0.5, 0.6) is 5.75 Å². The van der Waals surface area contributed by atoms with Crippen molar-refractivity contribution in [1.82, 2.24) is 5.32 Å². The molecule has 0 amide bonds. The molecule has 0 fully saturated rings. The molecule has 1 aromatic rings. The third-order valence-corrected chi connectivity index (χ3v) is 3.45. The molecule has 0 spiro atoms. The molecule has 0 radical (unpaired) electrons. The maximum Gasteiger partial charge on any atom is 0.165 e. The molecule has 0 bridgehead atoms. The van der Waals surface area contributed by atoms with Gasteiger partial charge in [0, 0.05) is 12.1 Å². The van der Waals surface area contributed by atoms with Crippen molar-refractivity contribution in [2.75, 3.05) is 6.61 Å². The SMILES string of the molecule is CCC(CC)COc1ccc(CNC(C)(C)C)cc1F. The predicted molar refractivity (Wildman–Crippen MR) is 82.6 cm³/mol. The second kappa shape index (κ2) is 7.63. The Morgan fingerprint density at radius 1 is 1.20 bits per heavy atom. The minimum absolute atomic E-state index is 0.0289. The third-order valence-electron chi connectivity index (χ3n) is 3.45. The van der Waals surface area contributed by atoms with E-state index in [0.29, 0.717) is 24.8 Å². The van der Waals surface area contributed by atoms with E-state index in [0.717, 1.165) is 18.4 Å². The highest BCUT2D eigenvalue weighted by molar-refractivity contribution is 5.29. The second-order valence-electron chi connectivity index (χ2n) is 6.36. The lowest BCUT2D eigenvalue weighted by atomic mass is 10.1. The van der Waals surface area contributed by atoms with E-state index in [4.69, 9.17) is 4.74 Å². The van der Waals surface area contributed by atoms with E-state index >= 15 is 0 Å². The largest absolute Gasteiger partial charge is 0.490 e. The molecule has 114 valence electrons. The highest BCUT2D eigenvalue weighted by Gasteiger charge is 2.11. The van der Waals surface area contributed by atoms with Crippen LogP contribution in [-0.4, -0.2) is 12.1 Å². The molecule has 1 rings (SSSR count). The fraction of sp³-hybridized carbons (Fsp3) is 0.647. The first-order valence-corrected chi connectivity index (χ1v) is 7.52. The second-order valence-corrected chi connectivity index (χ2v) is 6.36. The fourth-order valence-electron chi connectivity index (χ4n) is 1.87. The van der Waals surface area contributed by atoms with Crippen LogP contribution in [0.2, 0.25) is 0 Å². The topological polar surface area (TPSA) is 21.3 Å². The Bertz CT molecular complexity index is 408. The van der Waals surface area contributed by atoms with Gasteiger partial charge in [-0.3, -0.25) is 0 Å². The number of ether oxygens (including phenoxy) is 1. The van der Waals surface area contributed by atoms with Crippen molar-refractivity contribution < 1.29 is 9.13 Å². The summed E-state index contributed by atoms with van der Waals surface area (Å²) < 4.78 is 19.6. The molecule has 0 saturated heterocycles. The summed E-state index contributed by atoms with van der Waals surface area (Å²) in [6.07, 6.45) is 2.12. The summed E-state index contributed by atoms with van der Waals surface area (Å²) in [6, 6.07) is 5.21. The van der Waals surface area contributed by atoms with Gasteiger partial charge in [0.05, 0.1) is 6.61 Å². The standard InChI is InChI=1S/C17H28FNO/c1-6-13(7-2)12-20-16-9-8-14(10-15(16)18)11-19-17(3,4)5/h8-10,13,19H,6-7,11-12H2,1-5H3.